The predicted octanol–water partition coefficient (Wildman–Crippen LogP) is 18.3. The average Bonchev–Trinajstić information content (AvgIpc) is 4.08. The number of fused-ring (bicyclic) bond motifs is 16. The minimum absolute atomic E-state index is 0.730. The zero-order valence-electron chi connectivity index (χ0n) is 46.5. The first kappa shape index (κ1) is 49.9. The highest BCUT2D eigenvalue weighted by Crippen LogP contribution is 2.43. The molecule has 0 fully saturated rings. The lowest BCUT2D eigenvalue weighted by Gasteiger charge is -2.09. The Balaban J connectivity index is 1.13. The molecule has 0 amide bonds. The zero-order chi connectivity index (χ0) is 56.4. The van der Waals surface area contributed by atoms with Crippen LogP contribution in [-0.2, 0) is 0 Å². The fraction of sp³-hybridized carbons (Fsp3) is 0.0541. The Morgan fingerprint density at radius 1 is 0.274 bits per heavy atom. The SMILES string of the molecule is COc1cccc(-c2c3nc(c(-c4c5nc(c(-c6ccc(C)cc6)c6ccc(cc7nc(c(-c8ccc(C)cc8)c8ccc4[nH]8)C=C7)[nH]6)C=C5)c4ccc([nH]4)c(-c4cccc(OC)c4)c4nc(c(-c5ccccc5)c5ccc2[nH]5)C=C4)C=C3)c1. The van der Waals surface area contributed by atoms with E-state index in [-0.39, 0.29) is 0 Å². The van der Waals surface area contributed by atoms with Crippen molar-refractivity contribution in [2.24, 2.45) is 0 Å². The smallest absolute Gasteiger partial charge is 0.119 e. The van der Waals surface area contributed by atoms with E-state index in [1.54, 1.807) is 14.2 Å². The largest absolute Gasteiger partial charge is 0.497 e. The van der Waals surface area contributed by atoms with Crippen LogP contribution in [0.15, 0.2) is 182 Å². The van der Waals surface area contributed by atoms with Gasteiger partial charge in [-0.2, -0.15) is 0 Å². The highest BCUT2D eigenvalue weighted by molar-refractivity contribution is 6.05. The molecule has 0 saturated heterocycles. The molecule has 84 heavy (non-hydrogen) atoms. The molecule has 0 atom stereocenters. The Labute approximate surface area is 484 Å². The maximum absolute atomic E-state index is 5.88. The normalized spacial score (nSPS) is 12.3. The van der Waals surface area contributed by atoms with E-state index in [2.05, 4.69) is 234 Å². The van der Waals surface area contributed by atoms with Gasteiger partial charge in [0.05, 0.1) is 59.8 Å². The second-order valence-electron chi connectivity index (χ2n) is 21.4. The molecule has 4 aliphatic rings. The molecule has 16 bridgehead atoms. The molecule has 10 nitrogen and oxygen atoms in total. The van der Waals surface area contributed by atoms with Gasteiger partial charge in [0, 0.05) is 83.1 Å². The molecule has 402 valence electrons. The Hall–Kier alpha value is -11.1. The quantitative estimate of drug-likeness (QED) is 0.120. The van der Waals surface area contributed by atoms with E-state index in [0.29, 0.717) is 0 Å². The molecule has 4 N–H and O–H groups in total. The van der Waals surface area contributed by atoms with Gasteiger partial charge < -0.3 is 29.4 Å². The van der Waals surface area contributed by atoms with Crippen LogP contribution in [0.3, 0.4) is 0 Å². The Bertz CT molecular complexity index is 4900. The number of hydrogen-bond acceptors (Lipinski definition) is 6. The van der Waals surface area contributed by atoms with Crippen molar-refractivity contribution in [3.63, 3.8) is 0 Å². The molecule has 0 spiro atoms. The van der Waals surface area contributed by atoms with Gasteiger partial charge in [0.25, 0.3) is 0 Å². The van der Waals surface area contributed by atoms with Crippen LogP contribution in [0.5, 0.6) is 11.5 Å². The van der Waals surface area contributed by atoms with Gasteiger partial charge in [0.1, 0.15) is 11.5 Å². The lowest BCUT2D eigenvalue weighted by molar-refractivity contribution is 0.415. The minimum Gasteiger partial charge on any atom is -0.497 e. The first-order chi connectivity index (χ1) is 41.3. The monoisotopic (exact) mass is 1090 g/mol. The second kappa shape index (κ2) is 20.5. The third kappa shape index (κ3) is 8.94. The molecule has 11 aromatic rings. The van der Waals surface area contributed by atoms with E-state index in [1.807, 2.05) is 30.3 Å². The minimum atomic E-state index is 0.730. The summed E-state index contributed by atoms with van der Waals surface area (Å²) in [6.07, 6.45) is 17.0. The number of hydrogen-bond donors (Lipinski definition) is 4. The number of aromatic amines is 4. The number of nitrogens with one attached hydrogen (secondary N) is 4. The van der Waals surface area contributed by atoms with Crippen LogP contribution in [0.2, 0.25) is 0 Å². The maximum atomic E-state index is 5.88. The molecule has 0 aliphatic carbocycles. The van der Waals surface area contributed by atoms with Crippen molar-refractivity contribution in [3.8, 4) is 78.3 Å². The van der Waals surface area contributed by atoms with E-state index in [0.717, 1.165) is 168 Å². The number of benzene rings is 5. The van der Waals surface area contributed by atoms with Crippen LogP contribution in [0.1, 0.15) is 56.7 Å². The van der Waals surface area contributed by atoms with Gasteiger partial charge in [0.2, 0.25) is 0 Å². The van der Waals surface area contributed by atoms with E-state index in [9.17, 15) is 0 Å². The fourth-order valence-corrected chi connectivity index (χ4v) is 12.0. The Morgan fingerprint density at radius 2 is 0.607 bits per heavy atom. The van der Waals surface area contributed by atoms with Gasteiger partial charge in [-0.15, -0.1) is 0 Å². The number of methoxy groups -OCH3 is 2. The molecular formula is C74H54N8O2. The summed E-state index contributed by atoms with van der Waals surface area (Å²) in [5.41, 5.74) is 27.1. The summed E-state index contributed by atoms with van der Waals surface area (Å²) in [6, 6.07) is 63.4. The molecule has 4 aliphatic heterocycles. The molecule has 10 heterocycles. The highest BCUT2D eigenvalue weighted by atomic mass is 16.5. The molecule has 5 aromatic carbocycles. The molecule has 0 saturated carbocycles. The van der Waals surface area contributed by atoms with Crippen molar-refractivity contribution in [1.29, 1.82) is 0 Å². The van der Waals surface area contributed by atoms with E-state index in [4.69, 9.17) is 29.4 Å². The van der Waals surface area contributed by atoms with Gasteiger partial charge in [-0.3, -0.25) is 0 Å². The van der Waals surface area contributed by atoms with Crippen LogP contribution < -0.4 is 9.47 Å². The molecular weight excluding hydrogens is 1030 g/mol. The van der Waals surface area contributed by atoms with Crippen molar-refractivity contribution < 1.29 is 9.47 Å². The average molecular weight is 1090 g/mol. The Morgan fingerprint density at radius 3 is 1.04 bits per heavy atom. The number of H-pyrrole nitrogens is 4. The summed E-state index contributed by atoms with van der Waals surface area (Å²) in [4.78, 5) is 38.0. The number of nitrogens with zero attached hydrogens (tertiary/aromatic N) is 4. The van der Waals surface area contributed by atoms with Crippen molar-refractivity contribution in [3.05, 3.63) is 239 Å². The zero-order valence-corrected chi connectivity index (χ0v) is 46.5. The molecule has 6 aromatic heterocycles. The summed E-state index contributed by atoms with van der Waals surface area (Å²) in [7, 11) is 3.40. The summed E-state index contributed by atoms with van der Waals surface area (Å²) in [5, 5.41) is 0. The van der Waals surface area contributed by atoms with E-state index < -0.39 is 0 Å². The number of rotatable bonds is 8. The first-order valence-electron chi connectivity index (χ1n) is 28.1. The van der Waals surface area contributed by atoms with E-state index >= 15 is 0 Å². The fourth-order valence-electron chi connectivity index (χ4n) is 12.0. The lowest BCUT2D eigenvalue weighted by atomic mass is 10.0. The van der Waals surface area contributed by atoms with Crippen LogP contribution in [0.4, 0.5) is 0 Å². The van der Waals surface area contributed by atoms with Crippen LogP contribution in [0.25, 0.3) is 160 Å². The van der Waals surface area contributed by atoms with E-state index in [1.165, 1.54) is 11.1 Å². The van der Waals surface area contributed by atoms with Crippen molar-refractivity contribution in [1.82, 2.24) is 39.9 Å². The maximum Gasteiger partial charge on any atom is 0.119 e. The molecule has 10 heteroatoms. The topological polar surface area (TPSA) is 133 Å². The number of aromatic nitrogens is 8. The number of ether oxygens (including phenoxy) is 2. The van der Waals surface area contributed by atoms with Gasteiger partial charge in [-0.05, 0) is 169 Å². The van der Waals surface area contributed by atoms with Crippen LogP contribution >= 0.6 is 0 Å². The van der Waals surface area contributed by atoms with Crippen molar-refractivity contribution in [2.45, 2.75) is 13.8 Å². The first-order valence-corrected chi connectivity index (χ1v) is 28.1. The number of aryl methyl sites for hydroxylation is 2. The van der Waals surface area contributed by atoms with Gasteiger partial charge in [-0.1, -0.05) is 114 Å². The van der Waals surface area contributed by atoms with Gasteiger partial charge >= 0.3 is 0 Å². The van der Waals surface area contributed by atoms with Gasteiger partial charge in [-0.25, -0.2) is 19.9 Å². The third-order valence-electron chi connectivity index (χ3n) is 16.0. The van der Waals surface area contributed by atoms with Crippen LogP contribution in [-0.4, -0.2) is 54.1 Å². The Kier molecular flexibility index (Phi) is 12.2. The van der Waals surface area contributed by atoms with Crippen molar-refractivity contribution >= 4 is 92.7 Å². The predicted molar refractivity (Wildman–Crippen MR) is 346 cm³/mol. The standard InChI is InChI=1S/C74H54N8O2/c1-43-16-20-46(21-17-43)69-54-26-24-50(75-54)42-51-25-27-55(76-51)70(47-22-18-44(2)19-23-47)59-33-37-65(80-59)73(64-36-32-58(69)79-64)74-66-38-34-62(81-66)71(48-12-8-14-52(40-48)83-3)60-30-28-56(77-60)68(45-10-6-5-7-11-45)57-29-31-61(78-57)72(63-35-39-67(74)82-63)49-13-9-15-53(41-49)84-4/h5-42,75,77,80,82H,1-4H3. The van der Waals surface area contributed by atoms with Crippen molar-refractivity contribution in [2.75, 3.05) is 14.2 Å². The molecule has 0 radical (unpaired) electrons. The molecule has 15 rings (SSSR count). The third-order valence-corrected chi connectivity index (χ3v) is 16.0. The summed E-state index contributed by atoms with van der Waals surface area (Å²) in [6.45, 7) is 4.23. The summed E-state index contributed by atoms with van der Waals surface area (Å²) >= 11 is 0. The molecule has 0 unspecified atom stereocenters. The summed E-state index contributed by atoms with van der Waals surface area (Å²) < 4.78 is 11.8. The van der Waals surface area contributed by atoms with Crippen LogP contribution in [0, 0.1) is 13.8 Å². The summed E-state index contributed by atoms with van der Waals surface area (Å²) in [5.74, 6) is 1.47. The second-order valence-corrected chi connectivity index (χ2v) is 21.4. The van der Waals surface area contributed by atoms with Gasteiger partial charge in [0.15, 0.2) is 0 Å². The highest BCUT2D eigenvalue weighted by Gasteiger charge is 2.24. The lowest BCUT2D eigenvalue weighted by Crippen LogP contribution is -1.92.